The van der Waals surface area contributed by atoms with E-state index in [4.69, 9.17) is 0 Å². The summed E-state index contributed by atoms with van der Waals surface area (Å²) in [6, 6.07) is 7.67. The molecule has 0 amide bonds. The third kappa shape index (κ3) is 16.8. The summed E-state index contributed by atoms with van der Waals surface area (Å²) in [6.45, 7) is 2.29. The van der Waals surface area contributed by atoms with Gasteiger partial charge in [0.05, 0.1) is 0 Å². The van der Waals surface area contributed by atoms with E-state index in [1.165, 1.54) is 108 Å². The maximum Gasteiger partial charge on any atom is 1.00 e. The van der Waals surface area contributed by atoms with E-state index in [0.29, 0.717) is 5.75 Å². The number of hydrogen-bond acceptors (Lipinski definition) is 1. The van der Waals surface area contributed by atoms with Crippen LogP contribution in [-0.2, 0) is 6.42 Å². The molecule has 1 N–H and O–H groups in total. The summed E-state index contributed by atoms with van der Waals surface area (Å²) in [5, 5.41) is 9.27. The van der Waals surface area contributed by atoms with Crippen molar-refractivity contribution in [3.63, 3.8) is 0 Å². The Hall–Kier alpha value is 0.656. The van der Waals surface area contributed by atoms with Crippen molar-refractivity contribution in [2.24, 2.45) is 0 Å². The van der Waals surface area contributed by atoms with Gasteiger partial charge in [0, 0.05) is 0 Å². The van der Waals surface area contributed by atoms with Gasteiger partial charge in [-0.3, -0.25) is 0 Å². The van der Waals surface area contributed by atoms with Gasteiger partial charge in [-0.1, -0.05) is 115 Å². The first-order valence-corrected chi connectivity index (χ1v) is 11.1. The van der Waals surface area contributed by atoms with Gasteiger partial charge in [0.2, 0.25) is 0 Å². The Bertz CT molecular complexity index is 394. The zero-order valence-electron chi connectivity index (χ0n) is 18.8. The molecule has 0 aliphatic carbocycles. The molecule has 0 atom stereocenters. The van der Waals surface area contributed by atoms with E-state index in [2.05, 4.69) is 6.92 Å². The van der Waals surface area contributed by atoms with E-state index in [1.807, 2.05) is 12.1 Å². The molecule has 0 bridgehead atoms. The van der Waals surface area contributed by atoms with Crippen LogP contribution >= 0.6 is 0 Å². The minimum Gasteiger partial charge on any atom is -1.00 e. The number of unbranched alkanes of at least 4 members (excludes halogenated alkanes) is 15. The fourth-order valence-corrected chi connectivity index (χ4v) is 3.54. The molecule has 0 unspecified atom stereocenters. The van der Waals surface area contributed by atoms with Crippen molar-refractivity contribution >= 4 is 0 Å². The zero-order valence-corrected chi connectivity index (χ0v) is 20.9. The Morgan fingerprint density at radius 3 is 1.31 bits per heavy atom. The van der Waals surface area contributed by atoms with Crippen LogP contribution in [0.25, 0.3) is 0 Å². The van der Waals surface area contributed by atoms with Crippen LogP contribution in [0.3, 0.4) is 0 Å². The zero-order chi connectivity index (χ0) is 18.0. The fourth-order valence-electron chi connectivity index (χ4n) is 3.54. The van der Waals surface area contributed by atoms with Gasteiger partial charge in [0.15, 0.2) is 0 Å². The normalized spacial score (nSPS) is 10.7. The topological polar surface area (TPSA) is 20.2 Å². The van der Waals surface area contributed by atoms with Gasteiger partial charge < -0.3 is 6.53 Å². The van der Waals surface area contributed by atoms with E-state index in [9.17, 15) is 5.11 Å². The van der Waals surface area contributed by atoms with Gasteiger partial charge in [0.25, 0.3) is 0 Å². The largest absolute Gasteiger partial charge is 1.00 e. The maximum atomic E-state index is 9.27. The van der Waals surface area contributed by atoms with Crippen LogP contribution in [0.1, 0.15) is 117 Å². The molecule has 1 aromatic rings. The summed E-state index contributed by atoms with van der Waals surface area (Å²) in [5.41, 5.74) is 1.35. The number of rotatable bonds is 17. The average Bonchev–Trinajstić information content (AvgIpc) is 2.63. The first kappa shape index (κ1) is 26.7. The van der Waals surface area contributed by atoms with E-state index < -0.39 is 0 Å². The van der Waals surface area contributed by atoms with Crippen molar-refractivity contribution in [1.29, 1.82) is 0 Å². The van der Waals surface area contributed by atoms with Crippen LogP contribution in [0.5, 0.6) is 5.75 Å². The Kier molecular flexibility index (Phi) is 20.9. The number of aromatic hydroxyl groups is 1. The van der Waals surface area contributed by atoms with Crippen LogP contribution < -0.4 is 51.4 Å². The van der Waals surface area contributed by atoms with E-state index >= 15 is 0 Å². The molecule has 0 radical (unpaired) electrons. The summed E-state index contributed by atoms with van der Waals surface area (Å²) >= 11 is 0. The van der Waals surface area contributed by atoms with Crippen molar-refractivity contribution in [1.82, 2.24) is 0 Å². The van der Waals surface area contributed by atoms with Gasteiger partial charge in [-0.2, -0.15) is 0 Å². The fraction of sp³-hybridized carbons (Fsp3) is 0.750. The monoisotopic (exact) mass is 386 g/mol. The molecule has 1 aromatic carbocycles. The molecular weight excluding hydrogens is 343 g/mol. The van der Waals surface area contributed by atoms with Crippen molar-refractivity contribution in [3.05, 3.63) is 29.8 Å². The molecule has 2 heteroatoms. The van der Waals surface area contributed by atoms with Crippen molar-refractivity contribution in [2.75, 3.05) is 0 Å². The van der Waals surface area contributed by atoms with Crippen LogP contribution in [-0.4, -0.2) is 5.11 Å². The first-order chi connectivity index (χ1) is 12.3. The second kappa shape index (κ2) is 20.4. The van der Waals surface area contributed by atoms with Crippen molar-refractivity contribution in [3.8, 4) is 5.75 Å². The van der Waals surface area contributed by atoms with E-state index in [1.54, 1.807) is 12.1 Å². The smallest absolute Gasteiger partial charge is 1.00 e. The summed E-state index contributed by atoms with van der Waals surface area (Å²) in [6.07, 6.45) is 23.9. The van der Waals surface area contributed by atoms with Crippen LogP contribution in [0.15, 0.2) is 24.3 Å². The number of hydrogen-bond donors (Lipinski definition) is 1. The summed E-state index contributed by atoms with van der Waals surface area (Å²) in [5.74, 6) is 0.371. The van der Waals surface area contributed by atoms with Gasteiger partial charge in [-0.25, -0.2) is 0 Å². The number of benzene rings is 1. The van der Waals surface area contributed by atoms with Crippen molar-refractivity contribution < 1.29 is 57.9 Å². The molecule has 26 heavy (non-hydrogen) atoms. The summed E-state index contributed by atoms with van der Waals surface area (Å²) in [7, 11) is 0. The quantitative estimate of drug-likeness (QED) is 0.284. The van der Waals surface area contributed by atoms with Crippen LogP contribution in [0.4, 0.5) is 0 Å². The summed E-state index contributed by atoms with van der Waals surface area (Å²) in [4.78, 5) is 0. The predicted octanol–water partition coefficient (Wildman–Crippen LogP) is 5.31. The Labute approximate surface area is 207 Å². The van der Waals surface area contributed by atoms with E-state index in [0.717, 1.165) is 6.42 Å². The molecule has 0 saturated heterocycles. The third-order valence-corrected chi connectivity index (χ3v) is 5.26. The molecular formula is C24H43KO. The molecule has 0 aromatic heterocycles. The summed E-state index contributed by atoms with van der Waals surface area (Å²) < 4.78 is 0. The number of phenols is 1. The minimum atomic E-state index is 0. The van der Waals surface area contributed by atoms with Crippen LogP contribution in [0.2, 0.25) is 0 Å². The Morgan fingerprint density at radius 2 is 0.923 bits per heavy atom. The second-order valence-electron chi connectivity index (χ2n) is 7.72. The molecule has 0 aliphatic heterocycles. The minimum absolute atomic E-state index is 0. The van der Waals surface area contributed by atoms with Crippen LogP contribution in [0, 0.1) is 0 Å². The van der Waals surface area contributed by atoms with E-state index in [-0.39, 0.29) is 52.8 Å². The number of aryl methyl sites for hydroxylation is 1. The SMILES string of the molecule is CCCCCCCCCCCCCCCCCCc1ccc(O)cc1.[H-].[K+]. The molecule has 0 saturated carbocycles. The molecule has 0 spiro atoms. The Morgan fingerprint density at radius 1 is 0.577 bits per heavy atom. The van der Waals surface area contributed by atoms with Gasteiger partial charge in [0.1, 0.15) is 5.75 Å². The van der Waals surface area contributed by atoms with Gasteiger partial charge in [-0.05, 0) is 30.5 Å². The molecule has 0 aliphatic rings. The molecule has 1 rings (SSSR count). The molecule has 0 heterocycles. The van der Waals surface area contributed by atoms with Gasteiger partial charge in [-0.15, -0.1) is 0 Å². The van der Waals surface area contributed by atoms with Crippen molar-refractivity contribution in [2.45, 2.75) is 116 Å². The Balaban J connectivity index is 0. The average molecular weight is 387 g/mol. The first-order valence-electron chi connectivity index (χ1n) is 11.1. The third-order valence-electron chi connectivity index (χ3n) is 5.26. The second-order valence-corrected chi connectivity index (χ2v) is 7.72. The molecule has 1 nitrogen and oxygen atoms in total. The molecule has 0 fully saturated rings. The molecule has 146 valence electrons. The standard InChI is InChI=1S/C24H42O.K.H/c1-2-3-4-5-6-7-8-9-10-11-12-13-14-15-16-17-18-23-19-21-24(25)22-20-23;;/h19-22,25H,2-18H2,1H3;;/q;+1;-1. The number of phenolic OH excluding ortho intramolecular Hbond substituents is 1. The predicted molar refractivity (Wildman–Crippen MR) is 112 cm³/mol. The maximum absolute atomic E-state index is 9.27. The van der Waals surface area contributed by atoms with Gasteiger partial charge >= 0.3 is 51.4 Å².